The molecule has 2 heterocycles. The summed E-state index contributed by atoms with van der Waals surface area (Å²) in [6.07, 6.45) is 7.15. The van der Waals surface area contributed by atoms with Crippen molar-refractivity contribution in [3.63, 3.8) is 0 Å². The van der Waals surface area contributed by atoms with Crippen LogP contribution in [0.25, 0.3) is 0 Å². The van der Waals surface area contributed by atoms with Crippen LogP contribution >= 0.6 is 0 Å². The van der Waals surface area contributed by atoms with E-state index < -0.39 is 10.0 Å². The Hall–Kier alpha value is -1.87. The normalized spacial score (nSPS) is 11.8. The highest BCUT2D eigenvalue weighted by Crippen LogP contribution is 2.16. The van der Waals surface area contributed by atoms with Gasteiger partial charge in [-0.15, -0.1) is 0 Å². The second-order valence-electron chi connectivity index (χ2n) is 4.26. The smallest absolute Gasteiger partial charge is 0.245 e. The van der Waals surface area contributed by atoms with E-state index in [1.807, 2.05) is 17.7 Å². The zero-order chi connectivity index (χ0) is 14.6. The zero-order valence-electron chi connectivity index (χ0n) is 11.2. The maximum Gasteiger partial charge on any atom is 0.245 e. The minimum absolute atomic E-state index is 0.0296. The number of imidazole rings is 1. The van der Waals surface area contributed by atoms with E-state index in [-0.39, 0.29) is 10.7 Å². The first-order valence-electron chi connectivity index (χ1n) is 6.31. The molecule has 0 saturated carbocycles. The van der Waals surface area contributed by atoms with Crippen molar-refractivity contribution in [2.45, 2.75) is 31.3 Å². The molecule has 0 aromatic carbocycles. The minimum atomic E-state index is -3.60. The van der Waals surface area contributed by atoms with Crippen LogP contribution in [-0.4, -0.2) is 34.3 Å². The molecule has 0 fully saturated rings. The maximum atomic E-state index is 12.1. The van der Waals surface area contributed by atoms with E-state index in [2.05, 4.69) is 14.8 Å². The number of nitrogen functional groups attached to an aromatic ring is 1. The summed E-state index contributed by atoms with van der Waals surface area (Å²) in [7, 11) is -3.60. The van der Waals surface area contributed by atoms with Crippen molar-refractivity contribution in [1.82, 2.24) is 24.1 Å². The molecule has 8 nitrogen and oxygen atoms in total. The fraction of sp³-hybridized carbons (Fsp3) is 0.455. The molecule has 0 saturated heterocycles. The van der Waals surface area contributed by atoms with Gasteiger partial charge >= 0.3 is 0 Å². The van der Waals surface area contributed by atoms with Gasteiger partial charge in [-0.2, -0.15) is 5.10 Å². The van der Waals surface area contributed by atoms with E-state index in [1.54, 1.807) is 12.5 Å². The number of sulfonamides is 1. The van der Waals surface area contributed by atoms with Crippen LogP contribution in [0.15, 0.2) is 29.8 Å². The molecule has 0 unspecified atom stereocenters. The van der Waals surface area contributed by atoms with E-state index in [0.717, 1.165) is 0 Å². The first-order valence-corrected chi connectivity index (χ1v) is 7.79. The predicted octanol–water partition coefficient (Wildman–Crippen LogP) is 0.0503. The lowest BCUT2D eigenvalue weighted by atomic mass is 10.4. The van der Waals surface area contributed by atoms with Gasteiger partial charge in [0.05, 0.1) is 12.5 Å². The molecule has 0 atom stereocenters. The van der Waals surface area contributed by atoms with Gasteiger partial charge in [0.25, 0.3) is 0 Å². The molecule has 0 aliphatic carbocycles. The molecule has 0 spiro atoms. The molecule has 0 amide bonds. The summed E-state index contributed by atoms with van der Waals surface area (Å²) in [4.78, 5) is 3.95. The van der Waals surface area contributed by atoms with Crippen molar-refractivity contribution in [3.05, 3.63) is 24.9 Å². The lowest BCUT2D eigenvalue weighted by Gasteiger charge is -2.07. The summed E-state index contributed by atoms with van der Waals surface area (Å²) in [6.45, 7) is 3.41. The van der Waals surface area contributed by atoms with Gasteiger partial charge in [0.2, 0.25) is 10.0 Å². The van der Waals surface area contributed by atoms with Gasteiger partial charge in [-0.1, -0.05) is 0 Å². The van der Waals surface area contributed by atoms with Crippen LogP contribution in [-0.2, 0) is 23.1 Å². The third kappa shape index (κ3) is 3.17. The molecule has 2 aromatic heterocycles. The molecule has 0 radical (unpaired) electrons. The van der Waals surface area contributed by atoms with Gasteiger partial charge in [0.1, 0.15) is 10.7 Å². The predicted molar refractivity (Wildman–Crippen MR) is 74.3 cm³/mol. The van der Waals surface area contributed by atoms with Crippen LogP contribution in [0.3, 0.4) is 0 Å². The molecular weight excluding hydrogens is 280 g/mol. The van der Waals surface area contributed by atoms with Crippen molar-refractivity contribution < 1.29 is 8.42 Å². The molecule has 2 aromatic rings. The molecule has 3 N–H and O–H groups in total. The van der Waals surface area contributed by atoms with Crippen LogP contribution in [0.2, 0.25) is 0 Å². The largest absolute Gasteiger partial charge is 0.383 e. The Morgan fingerprint density at radius 3 is 2.85 bits per heavy atom. The van der Waals surface area contributed by atoms with Crippen molar-refractivity contribution >= 4 is 15.8 Å². The van der Waals surface area contributed by atoms with Crippen molar-refractivity contribution in [1.29, 1.82) is 0 Å². The van der Waals surface area contributed by atoms with Crippen molar-refractivity contribution in [2.75, 3.05) is 12.3 Å². The fourth-order valence-electron chi connectivity index (χ4n) is 1.80. The number of nitrogens with two attached hydrogens (primary N) is 1. The fourth-order valence-corrected chi connectivity index (χ4v) is 2.94. The highest BCUT2D eigenvalue weighted by atomic mass is 32.2. The van der Waals surface area contributed by atoms with Gasteiger partial charge < -0.3 is 10.3 Å². The molecule has 20 heavy (non-hydrogen) atoms. The van der Waals surface area contributed by atoms with E-state index in [9.17, 15) is 8.42 Å². The van der Waals surface area contributed by atoms with Crippen LogP contribution < -0.4 is 10.5 Å². The topological polar surface area (TPSA) is 108 Å². The number of rotatable bonds is 7. The van der Waals surface area contributed by atoms with Gasteiger partial charge in [0.15, 0.2) is 0 Å². The van der Waals surface area contributed by atoms with Gasteiger partial charge in [-0.25, -0.2) is 22.8 Å². The Labute approximate surface area is 117 Å². The summed E-state index contributed by atoms with van der Waals surface area (Å²) in [5.41, 5.74) is 5.75. The number of aromatic nitrogens is 4. The van der Waals surface area contributed by atoms with E-state index in [4.69, 9.17) is 5.73 Å². The first-order chi connectivity index (χ1) is 9.54. The van der Waals surface area contributed by atoms with Gasteiger partial charge in [-0.3, -0.25) is 0 Å². The lowest BCUT2D eigenvalue weighted by molar-refractivity contribution is 0.570. The average Bonchev–Trinajstić information content (AvgIpc) is 3.04. The Kier molecular flexibility index (Phi) is 4.40. The second-order valence-corrected chi connectivity index (χ2v) is 6.00. The Morgan fingerprint density at radius 1 is 1.45 bits per heavy atom. The highest BCUT2D eigenvalue weighted by molar-refractivity contribution is 7.89. The summed E-state index contributed by atoms with van der Waals surface area (Å²) in [5.74, 6) is 0.162. The van der Waals surface area contributed by atoms with Gasteiger partial charge in [-0.05, 0) is 13.3 Å². The minimum Gasteiger partial charge on any atom is -0.383 e. The molecule has 0 bridgehead atoms. The SMILES string of the molecule is CCn1ncc(S(=O)(=O)NCCCn2ccnc2)c1N. The number of hydrogen-bond acceptors (Lipinski definition) is 5. The lowest BCUT2D eigenvalue weighted by Crippen LogP contribution is -2.26. The van der Waals surface area contributed by atoms with E-state index in [1.165, 1.54) is 10.9 Å². The van der Waals surface area contributed by atoms with Crippen LogP contribution in [0.5, 0.6) is 0 Å². The number of nitrogens with zero attached hydrogens (tertiary/aromatic N) is 4. The summed E-state index contributed by atoms with van der Waals surface area (Å²) < 4.78 is 30.0. The quantitative estimate of drug-likeness (QED) is 0.702. The molecule has 9 heteroatoms. The number of anilines is 1. The standard InChI is InChI=1S/C11H18N6O2S/c1-2-17-11(12)10(8-14-17)20(18,19)15-4-3-6-16-7-5-13-9-16/h5,7-9,15H,2-4,6,12H2,1H3. The third-order valence-electron chi connectivity index (χ3n) is 2.88. The maximum absolute atomic E-state index is 12.1. The Balaban J connectivity index is 1.92. The zero-order valence-corrected chi connectivity index (χ0v) is 12.0. The molecule has 0 aliphatic rings. The van der Waals surface area contributed by atoms with Crippen molar-refractivity contribution in [2.24, 2.45) is 0 Å². The van der Waals surface area contributed by atoms with Crippen LogP contribution in [0, 0.1) is 0 Å². The monoisotopic (exact) mass is 298 g/mol. The summed E-state index contributed by atoms with van der Waals surface area (Å²) in [6, 6.07) is 0. The van der Waals surface area contributed by atoms with Gasteiger partial charge in [0, 0.05) is 32.0 Å². The first kappa shape index (κ1) is 14.5. The van der Waals surface area contributed by atoms with E-state index in [0.29, 0.717) is 26.1 Å². The summed E-state index contributed by atoms with van der Waals surface area (Å²) in [5, 5.41) is 3.93. The molecule has 2 rings (SSSR count). The second kappa shape index (κ2) is 6.06. The third-order valence-corrected chi connectivity index (χ3v) is 4.36. The molecular formula is C11H18N6O2S. The average molecular weight is 298 g/mol. The number of aryl methyl sites for hydroxylation is 2. The number of hydrogen-bond donors (Lipinski definition) is 2. The molecule has 0 aliphatic heterocycles. The Morgan fingerprint density at radius 2 is 2.25 bits per heavy atom. The van der Waals surface area contributed by atoms with Crippen LogP contribution in [0.1, 0.15) is 13.3 Å². The number of nitrogens with one attached hydrogen (secondary N) is 1. The van der Waals surface area contributed by atoms with Crippen LogP contribution in [0.4, 0.5) is 5.82 Å². The highest BCUT2D eigenvalue weighted by Gasteiger charge is 2.20. The van der Waals surface area contributed by atoms with Crippen molar-refractivity contribution in [3.8, 4) is 0 Å². The Bertz CT molecular complexity index is 647. The summed E-state index contributed by atoms with van der Waals surface area (Å²) >= 11 is 0. The van der Waals surface area contributed by atoms with E-state index >= 15 is 0 Å². The molecule has 110 valence electrons.